The van der Waals surface area contributed by atoms with Crippen LogP contribution in [0.4, 0.5) is 14.9 Å². The standard InChI is InChI=1S/C19H17FN6O2/c1-21-24-5-2-12(3-6-24)14-8-13-9-17-18(11-25-7-4-22-23-25)28-19(27)26(17)16(13)10-15(14)20/h2,4,7-8,10,17-18H,3,5-6,9,11H2/t17-,18-/m0/s1. The third-order valence-corrected chi connectivity index (χ3v) is 5.58. The van der Waals surface area contributed by atoms with Gasteiger partial charge in [0.15, 0.2) is 0 Å². The Kier molecular flexibility index (Phi) is 3.79. The molecule has 5 rings (SSSR count). The number of carbonyl (C=O) groups excluding carboxylic acids is 1. The molecule has 2 atom stereocenters. The molecule has 1 aromatic carbocycles. The predicted octanol–water partition coefficient (Wildman–Crippen LogP) is 2.29. The number of anilines is 1. The third kappa shape index (κ3) is 2.60. The Morgan fingerprint density at radius 1 is 1.39 bits per heavy atom. The third-order valence-electron chi connectivity index (χ3n) is 5.58. The second kappa shape index (κ2) is 6.34. The first-order valence-corrected chi connectivity index (χ1v) is 9.12. The van der Waals surface area contributed by atoms with Crippen LogP contribution in [0.25, 0.3) is 10.5 Å². The van der Waals surface area contributed by atoms with Gasteiger partial charge in [-0.15, -0.1) is 10.1 Å². The first kappa shape index (κ1) is 16.7. The summed E-state index contributed by atoms with van der Waals surface area (Å²) in [4.78, 5) is 17.4. The molecule has 3 aliphatic heterocycles. The van der Waals surface area contributed by atoms with Crippen molar-refractivity contribution in [2.45, 2.75) is 31.5 Å². The highest BCUT2D eigenvalue weighted by Crippen LogP contribution is 2.41. The quantitative estimate of drug-likeness (QED) is 0.765. The zero-order valence-corrected chi connectivity index (χ0v) is 15.0. The summed E-state index contributed by atoms with van der Waals surface area (Å²) in [6.45, 7) is 8.58. The normalized spacial score (nSPS) is 23.1. The molecule has 0 bridgehead atoms. The van der Waals surface area contributed by atoms with Crippen LogP contribution < -0.4 is 4.90 Å². The highest BCUT2D eigenvalue weighted by atomic mass is 19.1. The number of amides is 1. The molecule has 28 heavy (non-hydrogen) atoms. The van der Waals surface area contributed by atoms with Crippen LogP contribution in [0.1, 0.15) is 17.5 Å². The second-order valence-corrected chi connectivity index (χ2v) is 7.14. The highest BCUT2D eigenvalue weighted by molar-refractivity contribution is 5.94. The molecule has 2 aromatic rings. The minimum Gasteiger partial charge on any atom is -0.442 e. The van der Waals surface area contributed by atoms with Crippen molar-refractivity contribution < 1.29 is 13.9 Å². The summed E-state index contributed by atoms with van der Waals surface area (Å²) in [7, 11) is 0. The topological polar surface area (TPSA) is 67.8 Å². The number of nitrogens with zero attached hydrogens (tertiary/aromatic N) is 6. The molecule has 0 unspecified atom stereocenters. The van der Waals surface area contributed by atoms with Gasteiger partial charge in [-0.25, -0.2) is 13.9 Å². The van der Waals surface area contributed by atoms with Gasteiger partial charge in [-0.2, -0.15) is 11.5 Å². The van der Waals surface area contributed by atoms with E-state index in [1.165, 1.54) is 6.07 Å². The molecule has 9 heteroatoms. The number of benzene rings is 1. The fraction of sp³-hybridized carbons (Fsp3) is 0.368. The van der Waals surface area contributed by atoms with Crippen molar-refractivity contribution in [1.29, 1.82) is 0 Å². The zero-order chi connectivity index (χ0) is 19.3. The summed E-state index contributed by atoms with van der Waals surface area (Å²) in [5.74, 6) is -0.352. The molecule has 0 N–H and O–H groups in total. The van der Waals surface area contributed by atoms with Crippen molar-refractivity contribution in [1.82, 2.24) is 20.0 Å². The predicted molar refractivity (Wildman–Crippen MR) is 97.4 cm³/mol. The Morgan fingerprint density at radius 2 is 2.29 bits per heavy atom. The van der Waals surface area contributed by atoms with Gasteiger partial charge in [-0.3, -0.25) is 4.90 Å². The lowest BCUT2D eigenvalue weighted by Gasteiger charge is -2.19. The average Bonchev–Trinajstić information content (AvgIpc) is 3.40. The Morgan fingerprint density at radius 3 is 3.00 bits per heavy atom. The lowest BCUT2D eigenvalue weighted by molar-refractivity contribution is 0.117. The summed E-state index contributed by atoms with van der Waals surface area (Å²) in [6, 6.07) is 3.10. The Balaban J connectivity index is 1.44. The maximum atomic E-state index is 14.9. The maximum absolute atomic E-state index is 14.9. The van der Waals surface area contributed by atoms with Gasteiger partial charge < -0.3 is 4.74 Å². The van der Waals surface area contributed by atoms with E-state index < -0.39 is 6.09 Å². The van der Waals surface area contributed by atoms with Gasteiger partial charge in [-0.1, -0.05) is 11.3 Å². The Bertz CT molecular complexity index is 1010. The summed E-state index contributed by atoms with van der Waals surface area (Å²) in [5.41, 5.74) is 2.99. The van der Waals surface area contributed by atoms with E-state index in [1.807, 2.05) is 12.1 Å². The summed E-state index contributed by atoms with van der Waals surface area (Å²) >= 11 is 0. The summed E-state index contributed by atoms with van der Waals surface area (Å²) in [5, 5.41) is 9.33. The first-order valence-electron chi connectivity index (χ1n) is 9.12. The van der Waals surface area contributed by atoms with Crippen LogP contribution >= 0.6 is 0 Å². The number of hydrogen-bond acceptors (Lipinski definition) is 5. The lowest BCUT2D eigenvalue weighted by Crippen LogP contribution is -2.35. The molecular weight excluding hydrogens is 363 g/mol. The van der Waals surface area contributed by atoms with Crippen molar-refractivity contribution in [3.8, 4) is 0 Å². The molecule has 142 valence electrons. The van der Waals surface area contributed by atoms with Gasteiger partial charge in [0, 0.05) is 11.8 Å². The largest absolute Gasteiger partial charge is 0.442 e. The van der Waals surface area contributed by atoms with Gasteiger partial charge in [0.25, 0.3) is 0 Å². The van der Waals surface area contributed by atoms with Crippen molar-refractivity contribution in [2.75, 3.05) is 18.0 Å². The van der Waals surface area contributed by atoms with Crippen LogP contribution in [0.2, 0.25) is 0 Å². The van der Waals surface area contributed by atoms with Gasteiger partial charge >= 0.3 is 6.09 Å². The number of halogens is 1. The van der Waals surface area contributed by atoms with E-state index in [9.17, 15) is 9.18 Å². The van der Waals surface area contributed by atoms with Gasteiger partial charge in [0.2, 0.25) is 0 Å². The molecule has 1 amide bonds. The minimum atomic E-state index is -0.453. The zero-order valence-electron chi connectivity index (χ0n) is 15.0. The molecule has 8 nitrogen and oxygen atoms in total. The van der Waals surface area contributed by atoms with E-state index >= 15 is 0 Å². The Hall–Kier alpha value is -3.41. The molecule has 4 heterocycles. The van der Waals surface area contributed by atoms with Crippen molar-refractivity contribution in [2.24, 2.45) is 0 Å². The second-order valence-electron chi connectivity index (χ2n) is 7.14. The van der Waals surface area contributed by atoms with E-state index in [1.54, 1.807) is 27.0 Å². The van der Waals surface area contributed by atoms with Crippen LogP contribution in [0.5, 0.6) is 0 Å². The molecule has 1 saturated heterocycles. The van der Waals surface area contributed by atoms with E-state index in [-0.39, 0.29) is 18.0 Å². The molecule has 0 spiro atoms. The molecule has 3 aliphatic rings. The van der Waals surface area contributed by atoms with Crippen molar-refractivity contribution >= 4 is 17.4 Å². The number of aromatic nitrogens is 3. The van der Waals surface area contributed by atoms with Gasteiger partial charge in [0.1, 0.15) is 18.5 Å². The number of carbonyl (C=O) groups is 1. The molecule has 1 fully saturated rings. The smallest absolute Gasteiger partial charge is 0.415 e. The van der Waals surface area contributed by atoms with E-state index in [4.69, 9.17) is 11.3 Å². The first-order chi connectivity index (χ1) is 13.6. The molecule has 0 saturated carbocycles. The number of fused-ring (bicyclic) bond motifs is 3. The Labute approximate surface area is 160 Å². The fourth-order valence-electron chi connectivity index (χ4n) is 4.20. The molecule has 1 aromatic heterocycles. The maximum Gasteiger partial charge on any atom is 0.415 e. The number of rotatable bonds is 3. The van der Waals surface area contributed by atoms with Crippen LogP contribution in [0.15, 0.2) is 30.6 Å². The van der Waals surface area contributed by atoms with Crippen LogP contribution in [-0.2, 0) is 17.7 Å². The highest BCUT2D eigenvalue weighted by Gasteiger charge is 2.48. The van der Waals surface area contributed by atoms with Crippen LogP contribution in [0, 0.1) is 12.4 Å². The van der Waals surface area contributed by atoms with E-state index in [0.29, 0.717) is 43.7 Å². The van der Waals surface area contributed by atoms with Gasteiger partial charge in [0.05, 0.1) is 31.0 Å². The summed E-state index contributed by atoms with van der Waals surface area (Å²) in [6.07, 6.45) is 5.62. The van der Waals surface area contributed by atoms with E-state index in [2.05, 4.69) is 15.3 Å². The number of cyclic esters (lactones) is 1. The average molecular weight is 380 g/mol. The molecule has 0 radical (unpaired) electrons. The molecule has 0 aliphatic carbocycles. The number of ether oxygens (including phenoxy) is 1. The van der Waals surface area contributed by atoms with Crippen LogP contribution in [0.3, 0.4) is 0 Å². The minimum absolute atomic E-state index is 0.181. The van der Waals surface area contributed by atoms with Crippen molar-refractivity contribution in [3.05, 3.63) is 59.1 Å². The fourth-order valence-corrected chi connectivity index (χ4v) is 4.20. The van der Waals surface area contributed by atoms with E-state index in [0.717, 1.165) is 11.1 Å². The van der Waals surface area contributed by atoms with Crippen molar-refractivity contribution in [3.63, 3.8) is 0 Å². The van der Waals surface area contributed by atoms with Gasteiger partial charge in [-0.05, 0) is 36.1 Å². The number of hydrogen-bond donors (Lipinski definition) is 0. The monoisotopic (exact) mass is 380 g/mol. The lowest BCUT2D eigenvalue weighted by atomic mass is 9.96. The van der Waals surface area contributed by atoms with Crippen LogP contribution in [-0.4, -0.2) is 51.3 Å². The SMILES string of the molecule is [C-]#[N+]N1CC=C(c2cc3c(cc2F)N2C(=O)O[C@@H](Cn4ccnn4)[C@@H]2C3)CC1. The summed E-state index contributed by atoms with van der Waals surface area (Å²) < 4.78 is 22.0. The molecular formula is C19H17FN6O2.